The zero-order chi connectivity index (χ0) is 24.6. The third kappa shape index (κ3) is 5.50. The molecule has 3 unspecified atom stereocenters. The average Bonchev–Trinajstić information content (AvgIpc) is 3.12. The Balaban J connectivity index is 2.16. The molecule has 0 aliphatic carbocycles. The van der Waals surface area contributed by atoms with Gasteiger partial charge in [-0.25, -0.2) is 9.59 Å². The van der Waals surface area contributed by atoms with Crippen LogP contribution in [0.1, 0.15) is 61.3 Å². The van der Waals surface area contributed by atoms with E-state index in [0.717, 1.165) is 4.90 Å². The van der Waals surface area contributed by atoms with Crippen LogP contribution in [0.15, 0.2) is 0 Å². The lowest BCUT2D eigenvalue weighted by Crippen LogP contribution is -2.60. The molecule has 0 spiro atoms. The van der Waals surface area contributed by atoms with Crippen LogP contribution in [-0.4, -0.2) is 92.4 Å². The minimum Gasteiger partial charge on any atom is -0.454 e. The Hall–Kier alpha value is -2.40. The van der Waals surface area contributed by atoms with E-state index in [0.29, 0.717) is 0 Å². The summed E-state index contributed by atoms with van der Waals surface area (Å²) in [7, 11) is 0. The minimum absolute atomic E-state index is 0.104. The zero-order valence-corrected chi connectivity index (χ0v) is 19.8. The van der Waals surface area contributed by atoms with Gasteiger partial charge in [0.25, 0.3) is 0 Å². The van der Waals surface area contributed by atoms with Crippen molar-refractivity contribution in [3.63, 3.8) is 0 Å². The Morgan fingerprint density at radius 2 is 1.56 bits per heavy atom. The van der Waals surface area contributed by atoms with Crippen molar-refractivity contribution in [3.05, 3.63) is 0 Å². The highest BCUT2D eigenvalue weighted by molar-refractivity contribution is 5.83. The molecule has 2 heterocycles. The fraction of sp³-hybridized carbons (Fsp3) is 0.810. The van der Waals surface area contributed by atoms with Crippen LogP contribution in [0.2, 0.25) is 0 Å². The van der Waals surface area contributed by atoms with Crippen LogP contribution >= 0.6 is 0 Å². The van der Waals surface area contributed by atoms with E-state index in [9.17, 15) is 29.4 Å². The maximum Gasteiger partial charge on any atom is 0.527 e. The molecule has 0 radical (unpaired) electrons. The molecule has 2 aliphatic rings. The lowest BCUT2D eigenvalue weighted by molar-refractivity contribution is -0.797. The summed E-state index contributed by atoms with van der Waals surface area (Å²) in [6.07, 6.45) is -4.86. The van der Waals surface area contributed by atoms with Crippen LogP contribution in [0.5, 0.6) is 0 Å². The fourth-order valence-corrected chi connectivity index (χ4v) is 3.98. The molecule has 0 bridgehead atoms. The van der Waals surface area contributed by atoms with E-state index in [2.05, 4.69) is 0 Å². The number of carbonyl (C=O) groups is 4. The molecule has 2 N–H and O–H groups in total. The molecule has 0 aromatic rings. The van der Waals surface area contributed by atoms with Gasteiger partial charge in [-0.2, -0.15) is 9.59 Å². The fourth-order valence-electron chi connectivity index (χ4n) is 3.98. The first-order valence-electron chi connectivity index (χ1n) is 10.7. The van der Waals surface area contributed by atoms with Crippen molar-refractivity contribution in [1.29, 1.82) is 0 Å². The summed E-state index contributed by atoms with van der Waals surface area (Å²) in [5.74, 6) is -0.868. The van der Waals surface area contributed by atoms with Gasteiger partial charge in [0.1, 0.15) is 23.8 Å². The lowest BCUT2D eigenvalue weighted by Gasteiger charge is -2.31. The molecule has 11 nitrogen and oxygen atoms in total. The zero-order valence-electron chi connectivity index (χ0n) is 19.8. The summed E-state index contributed by atoms with van der Waals surface area (Å²) in [6.45, 7) is 11.3. The van der Waals surface area contributed by atoms with E-state index < -0.39 is 64.2 Å². The number of likely N-dealkylation sites (tertiary alicyclic amines) is 2. The monoisotopic (exact) mass is 459 g/mol. The van der Waals surface area contributed by atoms with E-state index >= 15 is 0 Å². The number of aliphatic hydroxyl groups excluding tert-OH is 1. The van der Waals surface area contributed by atoms with Gasteiger partial charge in [-0.05, 0) is 54.9 Å². The summed E-state index contributed by atoms with van der Waals surface area (Å²) in [6, 6.07) is -1.98. The highest BCUT2D eigenvalue weighted by Crippen LogP contribution is 2.33. The maximum atomic E-state index is 12.9. The first-order chi connectivity index (χ1) is 14.5. The number of esters is 1. The summed E-state index contributed by atoms with van der Waals surface area (Å²) in [5, 5.41) is 20.1. The van der Waals surface area contributed by atoms with Gasteiger partial charge in [0.05, 0.1) is 6.10 Å². The van der Waals surface area contributed by atoms with Crippen molar-refractivity contribution < 1.29 is 48.1 Å². The highest BCUT2D eigenvalue weighted by atomic mass is 16.6. The van der Waals surface area contributed by atoms with Crippen molar-refractivity contribution in [2.45, 2.75) is 96.8 Å². The van der Waals surface area contributed by atoms with Gasteiger partial charge in [-0.3, -0.25) is 4.90 Å². The van der Waals surface area contributed by atoms with Gasteiger partial charge in [0.2, 0.25) is 0 Å². The van der Waals surface area contributed by atoms with Crippen molar-refractivity contribution in [1.82, 2.24) is 4.90 Å². The average molecular weight is 460 g/mol. The van der Waals surface area contributed by atoms with Crippen LogP contribution in [0.4, 0.5) is 14.4 Å². The number of amides is 3. The van der Waals surface area contributed by atoms with E-state index in [1.54, 1.807) is 48.5 Å². The smallest absolute Gasteiger partial charge is 0.454 e. The Morgan fingerprint density at radius 1 is 1.00 bits per heavy atom. The second-order valence-electron chi connectivity index (χ2n) is 10.4. The summed E-state index contributed by atoms with van der Waals surface area (Å²) in [5.41, 5.74) is -1.68. The third-order valence-corrected chi connectivity index (χ3v) is 5.43. The quantitative estimate of drug-likeness (QED) is 0.362. The van der Waals surface area contributed by atoms with Crippen LogP contribution in [0.3, 0.4) is 0 Å². The molecule has 2 saturated heterocycles. The molecule has 11 heteroatoms. The second kappa shape index (κ2) is 8.86. The Bertz CT molecular complexity index is 770. The molecule has 0 aromatic carbocycles. The number of hydrogen-bond acceptors (Lipinski definition) is 8. The molecule has 3 amide bonds. The first kappa shape index (κ1) is 25.9. The third-order valence-electron chi connectivity index (χ3n) is 5.43. The van der Waals surface area contributed by atoms with Gasteiger partial charge >= 0.3 is 24.2 Å². The van der Waals surface area contributed by atoms with E-state index in [1.807, 2.05) is 0 Å². The van der Waals surface area contributed by atoms with Crippen molar-refractivity contribution in [2.24, 2.45) is 0 Å². The molecule has 2 rings (SSSR count). The SMILES string of the molecule is CC1C[C@@H](OC(=O)[C@@H]2C(O)CCN2C(=O)OC(C)(C)C)C[N+]1(C(=O)O)C(=O)OC(C)(C)C. The molecule has 0 aromatic heterocycles. The Morgan fingerprint density at radius 3 is 2.06 bits per heavy atom. The van der Waals surface area contributed by atoms with Gasteiger partial charge in [-0.15, -0.1) is 4.48 Å². The van der Waals surface area contributed by atoms with E-state index in [1.165, 1.54) is 0 Å². The summed E-state index contributed by atoms with van der Waals surface area (Å²) >= 11 is 0. The van der Waals surface area contributed by atoms with Crippen molar-refractivity contribution >= 4 is 24.2 Å². The largest absolute Gasteiger partial charge is 0.527 e. The number of carboxylic acid groups (broad SMARTS) is 1. The molecule has 182 valence electrons. The minimum atomic E-state index is -1.40. The summed E-state index contributed by atoms with van der Waals surface area (Å²) in [4.78, 5) is 51.3. The molecule has 32 heavy (non-hydrogen) atoms. The summed E-state index contributed by atoms with van der Waals surface area (Å²) < 4.78 is 15.1. The van der Waals surface area contributed by atoms with Gasteiger partial charge in [0, 0.05) is 13.0 Å². The van der Waals surface area contributed by atoms with Gasteiger partial charge in [0.15, 0.2) is 12.1 Å². The number of nitrogens with zero attached hydrogens (tertiary/aromatic N) is 2. The van der Waals surface area contributed by atoms with Crippen LogP contribution < -0.4 is 0 Å². The van der Waals surface area contributed by atoms with Crippen LogP contribution in [0.25, 0.3) is 0 Å². The number of imide groups is 1. The standard InChI is InChI=1S/C21H34N2O9/c1-12-10-13(11-23(12,18(27)28)19(29)32-21(5,6)7)30-16(25)15-14(24)8-9-22(15)17(26)31-20(2,3)4/h12-15,24H,8-11H2,1-7H3/p+1/t12?,13-,14?,15+,23?/m1/s1. The Labute approximate surface area is 187 Å². The maximum absolute atomic E-state index is 12.9. The number of ether oxygens (including phenoxy) is 3. The predicted octanol–water partition coefficient (Wildman–Crippen LogP) is 2.49. The second-order valence-corrected chi connectivity index (χ2v) is 10.4. The van der Waals surface area contributed by atoms with E-state index in [4.69, 9.17) is 14.2 Å². The molecular weight excluding hydrogens is 424 g/mol. The van der Waals surface area contributed by atoms with Crippen LogP contribution in [0, 0.1) is 0 Å². The number of carbonyl (C=O) groups excluding carboxylic acids is 3. The predicted molar refractivity (Wildman–Crippen MR) is 111 cm³/mol. The normalized spacial score (nSPS) is 30.7. The van der Waals surface area contributed by atoms with Gasteiger partial charge < -0.3 is 24.4 Å². The lowest BCUT2D eigenvalue weighted by atomic mass is 10.1. The van der Waals surface area contributed by atoms with Crippen molar-refractivity contribution in [3.8, 4) is 0 Å². The molecule has 0 saturated carbocycles. The van der Waals surface area contributed by atoms with Crippen LogP contribution in [-0.2, 0) is 19.0 Å². The Kier molecular flexibility index (Phi) is 7.16. The van der Waals surface area contributed by atoms with E-state index in [-0.39, 0.29) is 25.9 Å². The topological polar surface area (TPSA) is 140 Å². The molecule has 2 fully saturated rings. The highest BCUT2D eigenvalue weighted by Gasteiger charge is 2.60. The number of quaternary nitrogens is 1. The molecular formula is C21H35N2O9+. The van der Waals surface area contributed by atoms with Gasteiger partial charge in [-0.1, -0.05) is 0 Å². The molecule has 2 aliphatic heterocycles. The molecule has 5 atom stereocenters. The number of hydrogen-bond donors (Lipinski definition) is 2. The first-order valence-corrected chi connectivity index (χ1v) is 10.7. The van der Waals surface area contributed by atoms with Crippen molar-refractivity contribution in [2.75, 3.05) is 13.1 Å². The number of aliphatic hydroxyl groups is 1. The number of rotatable bonds is 2.